The van der Waals surface area contributed by atoms with Gasteiger partial charge in [-0.2, -0.15) is 0 Å². The van der Waals surface area contributed by atoms with Gasteiger partial charge in [0.15, 0.2) is 0 Å². The smallest absolute Gasteiger partial charge is 0.221 e. The maximum absolute atomic E-state index is 11.7. The van der Waals surface area contributed by atoms with E-state index in [0.29, 0.717) is 24.5 Å². The summed E-state index contributed by atoms with van der Waals surface area (Å²) in [7, 11) is 0. The lowest BCUT2D eigenvalue weighted by molar-refractivity contribution is -0.121. The van der Waals surface area contributed by atoms with Gasteiger partial charge in [0.1, 0.15) is 12.4 Å². The van der Waals surface area contributed by atoms with Crippen molar-refractivity contribution in [3.8, 4) is 0 Å². The fraction of sp³-hybridized carbons (Fsp3) is 0.429. The Morgan fingerprint density at radius 3 is 2.90 bits per heavy atom. The lowest BCUT2D eigenvalue weighted by Gasteiger charge is -2.10. The molecule has 0 radical (unpaired) electrons. The van der Waals surface area contributed by atoms with E-state index in [1.54, 1.807) is 12.1 Å². The number of carbonyl (C=O) groups is 1. The molecule has 0 atom stereocenters. The summed E-state index contributed by atoms with van der Waals surface area (Å²) in [4.78, 5) is 16.0. The van der Waals surface area contributed by atoms with Crippen LogP contribution in [-0.2, 0) is 17.9 Å². The van der Waals surface area contributed by atoms with Crippen molar-refractivity contribution in [1.29, 1.82) is 0 Å². The number of imidazole rings is 1. The number of nitrogens with two attached hydrogens (primary N) is 1. The summed E-state index contributed by atoms with van der Waals surface area (Å²) in [6, 6.07) is 5.53. The van der Waals surface area contributed by atoms with Crippen LogP contribution < -0.4 is 11.1 Å². The van der Waals surface area contributed by atoms with Gasteiger partial charge in [0.05, 0.1) is 11.0 Å². The number of aromatic nitrogens is 2. The number of aryl methyl sites for hydroxylation is 1. The maximum Gasteiger partial charge on any atom is 0.221 e. The third-order valence-corrected chi connectivity index (χ3v) is 3.00. The first-order valence-corrected chi connectivity index (χ1v) is 6.66. The first kappa shape index (κ1) is 14.3. The number of nitrogens with zero attached hydrogens (tertiary/aromatic N) is 2. The molecule has 0 saturated carbocycles. The highest BCUT2D eigenvalue weighted by atomic mass is 16.3. The third kappa shape index (κ3) is 3.08. The minimum atomic E-state index is -0.166. The summed E-state index contributed by atoms with van der Waals surface area (Å²) in [6.45, 7) is 4.16. The molecule has 1 aromatic carbocycles. The molecule has 0 aliphatic carbocycles. The van der Waals surface area contributed by atoms with E-state index >= 15 is 0 Å². The molecule has 20 heavy (non-hydrogen) atoms. The molecule has 6 nitrogen and oxygen atoms in total. The zero-order chi connectivity index (χ0) is 14.7. The molecular formula is C14H20N4O2. The first-order valence-electron chi connectivity index (χ1n) is 6.66. The van der Waals surface area contributed by atoms with Crippen LogP contribution in [0.2, 0.25) is 0 Å². The number of hydrogen-bond donors (Lipinski definition) is 3. The topological polar surface area (TPSA) is 93.2 Å². The van der Waals surface area contributed by atoms with Gasteiger partial charge in [-0.3, -0.25) is 4.79 Å². The van der Waals surface area contributed by atoms with Crippen molar-refractivity contribution >= 4 is 22.6 Å². The van der Waals surface area contributed by atoms with Gasteiger partial charge in [-0.05, 0) is 32.0 Å². The van der Waals surface area contributed by atoms with E-state index in [4.69, 9.17) is 5.73 Å². The Hall–Kier alpha value is -2.08. The third-order valence-electron chi connectivity index (χ3n) is 3.00. The summed E-state index contributed by atoms with van der Waals surface area (Å²) in [5.41, 5.74) is 7.96. The number of benzene rings is 1. The number of aliphatic hydroxyl groups is 1. The molecule has 108 valence electrons. The fourth-order valence-corrected chi connectivity index (χ4v) is 2.17. The molecular weight excluding hydrogens is 256 g/mol. The highest BCUT2D eigenvalue weighted by Gasteiger charge is 2.12. The molecule has 0 aliphatic heterocycles. The van der Waals surface area contributed by atoms with Gasteiger partial charge < -0.3 is 20.7 Å². The van der Waals surface area contributed by atoms with Gasteiger partial charge in [0, 0.05) is 24.7 Å². The molecule has 2 rings (SSSR count). The molecule has 2 aromatic rings. The monoisotopic (exact) mass is 276 g/mol. The average Bonchev–Trinajstić information content (AvgIpc) is 2.72. The van der Waals surface area contributed by atoms with Crippen LogP contribution in [0.25, 0.3) is 11.0 Å². The van der Waals surface area contributed by atoms with Gasteiger partial charge in [0.25, 0.3) is 0 Å². The Kier molecular flexibility index (Phi) is 4.24. The van der Waals surface area contributed by atoms with Gasteiger partial charge >= 0.3 is 0 Å². The van der Waals surface area contributed by atoms with E-state index in [1.807, 2.05) is 24.5 Å². The number of aliphatic hydroxyl groups excluding tert-OH is 1. The molecule has 6 heteroatoms. The van der Waals surface area contributed by atoms with E-state index in [2.05, 4.69) is 10.3 Å². The number of amides is 1. The van der Waals surface area contributed by atoms with Crippen LogP contribution in [-0.4, -0.2) is 26.6 Å². The molecule has 1 aromatic heterocycles. The van der Waals surface area contributed by atoms with E-state index in [0.717, 1.165) is 11.0 Å². The molecule has 0 saturated heterocycles. The summed E-state index contributed by atoms with van der Waals surface area (Å²) in [5, 5.41) is 12.2. The van der Waals surface area contributed by atoms with Crippen molar-refractivity contribution < 1.29 is 9.90 Å². The predicted molar refractivity (Wildman–Crippen MR) is 78.0 cm³/mol. The standard InChI is InChI=1S/C14H20N4O2/c1-9(2)16-14(20)5-6-18-12-4-3-10(15)7-11(12)17-13(18)8-19/h3-4,7,9,19H,5-6,8,15H2,1-2H3,(H,16,20). The Balaban J connectivity index is 2.22. The number of fused-ring (bicyclic) bond motifs is 1. The Bertz CT molecular complexity index is 619. The molecule has 1 heterocycles. The number of nitrogen functional groups attached to an aromatic ring is 1. The lowest BCUT2D eigenvalue weighted by atomic mass is 10.2. The molecule has 0 spiro atoms. The highest BCUT2D eigenvalue weighted by Crippen LogP contribution is 2.19. The van der Waals surface area contributed by atoms with E-state index < -0.39 is 0 Å². The minimum absolute atomic E-state index is 0.0128. The van der Waals surface area contributed by atoms with Crippen molar-refractivity contribution in [3.05, 3.63) is 24.0 Å². The quantitative estimate of drug-likeness (QED) is 0.711. The van der Waals surface area contributed by atoms with Crippen LogP contribution in [0.15, 0.2) is 18.2 Å². The SMILES string of the molecule is CC(C)NC(=O)CCn1c(CO)nc2cc(N)ccc21. The highest BCUT2D eigenvalue weighted by molar-refractivity contribution is 5.80. The Morgan fingerprint density at radius 2 is 2.25 bits per heavy atom. The minimum Gasteiger partial charge on any atom is -0.399 e. The number of nitrogens with one attached hydrogen (secondary N) is 1. The summed E-state index contributed by atoms with van der Waals surface area (Å²) in [6.07, 6.45) is 0.348. The second kappa shape index (κ2) is 5.92. The van der Waals surface area contributed by atoms with E-state index in [9.17, 15) is 9.90 Å². The maximum atomic E-state index is 11.7. The Morgan fingerprint density at radius 1 is 1.50 bits per heavy atom. The fourth-order valence-electron chi connectivity index (χ4n) is 2.17. The largest absolute Gasteiger partial charge is 0.399 e. The second-order valence-electron chi connectivity index (χ2n) is 5.06. The summed E-state index contributed by atoms with van der Waals surface area (Å²) >= 11 is 0. The van der Waals surface area contributed by atoms with Gasteiger partial charge in [-0.25, -0.2) is 4.98 Å². The van der Waals surface area contributed by atoms with Crippen molar-refractivity contribution in [3.63, 3.8) is 0 Å². The number of carbonyl (C=O) groups excluding carboxylic acids is 1. The molecule has 4 N–H and O–H groups in total. The van der Waals surface area contributed by atoms with Crippen LogP contribution in [0, 0.1) is 0 Å². The molecule has 0 unspecified atom stereocenters. The number of anilines is 1. The van der Waals surface area contributed by atoms with Crippen LogP contribution >= 0.6 is 0 Å². The van der Waals surface area contributed by atoms with Crippen molar-refractivity contribution in [2.75, 3.05) is 5.73 Å². The first-order chi connectivity index (χ1) is 9.51. The molecule has 0 bridgehead atoms. The number of hydrogen-bond acceptors (Lipinski definition) is 4. The zero-order valence-electron chi connectivity index (χ0n) is 11.8. The molecule has 1 amide bonds. The van der Waals surface area contributed by atoms with Gasteiger partial charge in [-0.15, -0.1) is 0 Å². The lowest BCUT2D eigenvalue weighted by Crippen LogP contribution is -2.30. The molecule has 0 aliphatic rings. The van der Waals surface area contributed by atoms with Crippen molar-refractivity contribution in [1.82, 2.24) is 14.9 Å². The van der Waals surface area contributed by atoms with Crippen LogP contribution in [0.3, 0.4) is 0 Å². The number of rotatable bonds is 5. The summed E-state index contributed by atoms with van der Waals surface area (Å²) < 4.78 is 1.86. The summed E-state index contributed by atoms with van der Waals surface area (Å²) in [5.74, 6) is 0.532. The molecule has 0 fully saturated rings. The zero-order valence-corrected chi connectivity index (χ0v) is 11.8. The van der Waals surface area contributed by atoms with Crippen LogP contribution in [0.5, 0.6) is 0 Å². The van der Waals surface area contributed by atoms with Crippen LogP contribution in [0.4, 0.5) is 5.69 Å². The van der Waals surface area contributed by atoms with Gasteiger partial charge in [-0.1, -0.05) is 0 Å². The van der Waals surface area contributed by atoms with E-state index in [-0.39, 0.29) is 18.6 Å². The average molecular weight is 276 g/mol. The second-order valence-corrected chi connectivity index (χ2v) is 5.06. The normalized spacial score (nSPS) is 11.2. The Labute approximate surface area is 117 Å². The van der Waals surface area contributed by atoms with Crippen molar-refractivity contribution in [2.24, 2.45) is 0 Å². The van der Waals surface area contributed by atoms with Gasteiger partial charge in [0.2, 0.25) is 5.91 Å². The van der Waals surface area contributed by atoms with Crippen LogP contribution in [0.1, 0.15) is 26.1 Å². The predicted octanol–water partition coefficient (Wildman–Crippen LogP) is 1.03. The van der Waals surface area contributed by atoms with Crippen molar-refractivity contribution in [2.45, 2.75) is 39.5 Å². The van der Waals surface area contributed by atoms with E-state index in [1.165, 1.54) is 0 Å².